The van der Waals surface area contributed by atoms with E-state index in [2.05, 4.69) is 5.32 Å². The molecule has 1 aliphatic rings. The topological polar surface area (TPSA) is 73.2 Å². The summed E-state index contributed by atoms with van der Waals surface area (Å²) in [5, 5.41) is 12.3. The van der Waals surface area contributed by atoms with Crippen LogP contribution in [-0.2, 0) is 16.0 Å². The molecule has 7 heteroatoms. The number of benzene rings is 3. The molecule has 0 saturated carbocycles. The Kier molecular flexibility index (Phi) is 6.57. The Bertz CT molecular complexity index is 1270. The van der Waals surface area contributed by atoms with Crippen molar-refractivity contribution in [3.05, 3.63) is 106 Å². The fourth-order valence-corrected chi connectivity index (χ4v) is 4.86. The Balaban J connectivity index is 1.74. The van der Waals surface area contributed by atoms with Crippen LogP contribution >= 0.6 is 11.8 Å². The molecule has 4 rings (SSSR count). The van der Waals surface area contributed by atoms with Crippen LogP contribution in [-0.4, -0.2) is 17.1 Å². The first-order valence-electron chi connectivity index (χ1n) is 10.3. The molecule has 0 spiro atoms. The summed E-state index contributed by atoms with van der Waals surface area (Å²) >= 11 is 1.18. The lowest BCUT2D eigenvalue weighted by atomic mass is 10.0. The summed E-state index contributed by atoms with van der Waals surface area (Å²) < 4.78 is 13.5. The van der Waals surface area contributed by atoms with Gasteiger partial charge in [-0.2, -0.15) is 5.26 Å². The minimum absolute atomic E-state index is 0.172. The van der Waals surface area contributed by atoms with E-state index in [-0.39, 0.29) is 16.5 Å². The molecule has 0 bridgehead atoms. The van der Waals surface area contributed by atoms with Gasteiger partial charge in [0.15, 0.2) is 0 Å². The van der Waals surface area contributed by atoms with E-state index in [4.69, 9.17) is 0 Å². The molecule has 2 amide bonds. The number of halogens is 1. The number of amides is 2. The van der Waals surface area contributed by atoms with Crippen molar-refractivity contribution in [1.29, 1.82) is 5.26 Å². The molecule has 0 aliphatic carbocycles. The molecular weight excluding hydrogens is 437 g/mol. The zero-order valence-electron chi connectivity index (χ0n) is 17.8. The lowest BCUT2D eigenvalue weighted by molar-refractivity contribution is -0.117. The van der Waals surface area contributed by atoms with E-state index < -0.39 is 17.0 Å². The first kappa shape index (κ1) is 22.3. The highest BCUT2D eigenvalue weighted by molar-refractivity contribution is 8.05. The summed E-state index contributed by atoms with van der Waals surface area (Å²) in [5.41, 5.74) is 2.83. The number of carbonyl (C=O) groups excluding carboxylic acids is 2. The first-order chi connectivity index (χ1) is 16.0. The predicted molar refractivity (Wildman–Crippen MR) is 128 cm³/mol. The maximum atomic E-state index is 13.5. The summed E-state index contributed by atoms with van der Waals surface area (Å²) in [4.78, 5) is 27.8. The third kappa shape index (κ3) is 4.81. The highest BCUT2D eigenvalue weighted by atomic mass is 32.2. The smallest absolute Gasteiger partial charge is 0.269 e. The number of thioether (sulfide) groups is 1. The molecular formula is C26H20FN3O2S. The second-order valence-corrected chi connectivity index (χ2v) is 8.69. The zero-order chi connectivity index (χ0) is 23.4. The molecule has 1 atom stereocenters. The van der Waals surface area contributed by atoms with Crippen molar-refractivity contribution >= 4 is 35.0 Å². The van der Waals surface area contributed by atoms with Gasteiger partial charge in [0.2, 0.25) is 5.91 Å². The molecule has 164 valence electrons. The summed E-state index contributed by atoms with van der Waals surface area (Å²) in [7, 11) is 0. The largest absolute Gasteiger partial charge is 0.321 e. The summed E-state index contributed by atoms with van der Waals surface area (Å²) in [5.74, 6) is -1.31. The van der Waals surface area contributed by atoms with E-state index >= 15 is 0 Å². The van der Waals surface area contributed by atoms with Crippen LogP contribution in [0.4, 0.5) is 15.8 Å². The molecule has 3 aromatic carbocycles. The number of hydrogen-bond donors (Lipinski definition) is 1. The fourth-order valence-electron chi connectivity index (χ4n) is 3.57. The van der Waals surface area contributed by atoms with Gasteiger partial charge >= 0.3 is 0 Å². The molecule has 33 heavy (non-hydrogen) atoms. The SMILES string of the molecule is Cc1ccccc1CC1S/C(=C(/C#N)C(=O)Nc2ccccc2)N(c2ccc(F)cc2)C1=O. The predicted octanol–water partition coefficient (Wildman–Crippen LogP) is 5.20. The van der Waals surface area contributed by atoms with Crippen LogP contribution in [0.15, 0.2) is 89.5 Å². The fraction of sp³-hybridized carbons (Fsp3) is 0.115. The normalized spacial score (nSPS) is 16.9. The molecule has 5 nitrogen and oxygen atoms in total. The van der Waals surface area contributed by atoms with Gasteiger partial charge in [-0.1, -0.05) is 54.2 Å². The van der Waals surface area contributed by atoms with E-state index in [1.54, 1.807) is 24.3 Å². The van der Waals surface area contributed by atoms with Crippen molar-refractivity contribution in [2.75, 3.05) is 10.2 Å². The van der Waals surface area contributed by atoms with Crippen LogP contribution in [0, 0.1) is 24.1 Å². The van der Waals surface area contributed by atoms with Gasteiger partial charge in [0.05, 0.1) is 5.25 Å². The van der Waals surface area contributed by atoms with E-state index in [0.29, 0.717) is 17.8 Å². The van der Waals surface area contributed by atoms with Gasteiger partial charge in [0.1, 0.15) is 22.5 Å². The second-order valence-electron chi connectivity index (χ2n) is 7.50. The number of aryl methyl sites for hydroxylation is 1. The number of para-hydroxylation sites is 1. The minimum atomic E-state index is -0.609. The van der Waals surface area contributed by atoms with Crippen molar-refractivity contribution in [1.82, 2.24) is 0 Å². The maximum absolute atomic E-state index is 13.5. The number of nitrogens with one attached hydrogen (secondary N) is 1. The van der Waals surface area contributed by atoms with Crippen LogP contribution in [0.25, 0.3) is 0 Å². The van der Waals surface area contributed by atoms with Crippen molar-refractivity contribution < 1.29 is 14.0 Å². The van der Waals surface area contributed by atoms with Crippen molar-refractivity contribution in [3.63, 3.8) is 0 Å². The molecule has 1 unspecified atom stereocenters. The van der Waals surface area contributed by atoms with Crippen molar-refractivity contribution in [2.24, 2.45) is 0 Å². The Labute approximate surface area is 195 Å². The van der Waals surface area contributed by atoms with Gasteiger partial charge in [-0.25, -0.2) is 4.39 Å². The molecule has 1 saturated heterocycles. The molecule has 1 fully saturated rings. The van der Waals surface area contributed by atoms with Crippen LogP contribution < -0.4 is 10.2 Å². The highest BCUT2D eigenvalue weighted by Gasteiger charge is 2.41. The van der Waals surface area contributed by atoms with Gasteiger partial charge in [0.25, 0.3) is 5.91 Å². The minimum Gasteiger partial charge on any atom is -0.321 e. The highest BCUT2D eigenvalue weighted by Crippen LogP contribution is 2.42. The first-order valence-corrected chi connectivity index (χ1v) is 11.2. The molecule has 0 radical (unpaired) electrons. The average Bonchev–Trinajstić information content (AvgIpc) is 3.12. The summed E-state index contributed by atoms with van der Waals surface area (Å²) in [6.45, 7) is 1.97. The molecule has 1 heterocycles. The molecule has 1 N–H and O–H groups in total. The Morgan fingerprint density at radius 3 is 2.39 bits per heavy atom. The standard InChI is InChI=1S/C26H20FN3O2S/c1-17-7-5-6-8-18(17)15-23-25(32)30(21-13-11-19(27)12-14-21)26(33-23)22(16-28)24(31)29-20-9-3-2-4-10-20/h2-14,23H,15H2,1H3,(H,29,31)/b26-22-. The summed E-state index contributed by atoms with van der Waals surface area (Å²) in [6.07, 6.45) is 0.441. The quantitative estimate of drug-likeness (QED) is 0.422. The third-order valence-electron chi connectivity index (χ3n) is 5.29. The molecule has 0 aromatic heterocycles. The van der Waals surface area contributed by atoms with Gasteiger partial charge < -0.3 is 5.32 Å². The van der Waals surface area contributed by atoms with E-state index in [1.807, 2.05) is 43.3 Å². The van der Waals surface area contributed by atoms with Gasteiger partial charge in [-0.15, -0.1) is 0 Å². The van der Waals surface area contributed by atoms with E-state index in [0.717, 1.165) is 11.1 Å². The van der Waals surface area contributed by atoms with Crippen molar-refractivity contribution in [2.45, 2.75) is 18.6 Å². The van der Waals surface area contributed by atoms with Gasteiger partial charge in [-0.3, -0.25) is 14.5 Å². The maximum Gasteiger partial charge on any atom is 0.269 e. The van der Waals surface area contributed by atoms with E-state index in [1.165, 1.54) is 40.9 Å². The third-order valence-corrected chi connectivity index (χ3v) is 6.55. The monoisotopic (exact) mass is 457 g/mol. The van der Waals surface area contributed by atoms with Crippen LogP contribution in [0.5, 0.6) is 0 Å². The van der Waals surface area contributed by atoms with Gasteiger partial charge in [-0.05, 0) is 60.9 Å². The van der Waals surface area contributed by atoms with Crippen LogP contribution in [0.2, 0.25) is 0 Å². The number of carbonyl (C=O) groups is 2. The Morgan fingerprint density at radius 2 is 1.73 bits per heavy atom. The van der Waals surface area contributed by atoms with E-state index in [9.17, 15) is 19.2 Å². The average molecular weight is 458 g/mol. The molecule has 3 aromatic rings. The number of nitrogens with zero attached hydrogens (tertiary/aromatic N) is 2. The van der Waals surface area contributed by atoms with Crippen molar-refractivity contribution in [3.8, 4) is 6.07 Å². The van der Waals surface area contributed by atoms with Gasteiger partial charge in [0, 0.05) is 11.4 Å². The lowest BCUT2D eigenvalue weighted by Gasteiger charge is -2.18. The number of anilines is 2. The van der Waals surface area contributed by atoms with Crippen LogP contribution in [0.1, 0.15) is 11.1 Å². The Hall–Kier alpha value is -3.89. The molecule has 1 aliphatic heterocycles. The number of hydrogen-bond acceptors (Lipinski definition) is 4. The zero-order valence-corrected chi connectivity index (χ0v) is 18.6. The van der Waals surface area contributed by atoms with Crippen LogP contribution in [0.3, 0.4) is 0 Å². The Morgan fingerprint density at radius 1 is 1.06 bits per heavy atom. The summed E-state index contributed by atoms with van der Waals surface area (Å²) in [6, 6.07) is 23.9. The lowest BCUT2D eigenvalue weighted by Crippen LogP contribution is -2.31. The number of nitriles is 1. The second kappa shape index (κ2) is 9.72. The number of rotatable bonds is 5.